The van der Waals surface area contributed by atoms with Crippen LogP contribution in [0.25, 0.3) is 0 Å². The van der Waals surface area contributed by atoms with Gasteiger partial charge in [-0.05, 0) is 43.4 Å². The average molecular weight is 286 g/mol. The van der Waals surface area contributed by atoms with Crippen molar-refractivity contribution in [1.82, 2.24) is 5.32 Å². The Morgan fingerprint density at radius 3 is 2.69 bits per heavy atom. The third kappa shape index (κ3) is 2.46. The van der Waals surface area contributed by atoms with E-state index in [1.54, 1.807) is 0 Å². The first-order valence-corrected chi connectivity index (χ1v) is 6.63. The zero-order chi connectivity index (χ0) is 11.6. The minimum Gasteiger partial charge on any atom is -0.307 e. The maximum absolute atomic E-state index is 12.9. The maximum atomic E-state index is 12.9. The van der Waals surface area contributed by atoms with Crippen molar-refractivity contribution in [2.24, 2.45) is 0 Å². The van der Waals surface area contributed by atoms with Gasteiger partial charge in [0.1, 0.15) is 5.82 Å². The number of hydrogen-bond donors (Lipinski definition) is 1. The summed E-state index contributed by atoms with van der Waals surface area (Å²) >= 11 is 3.40. The molecule has 3 heteroatoms. The summed E-state index contributed by atoms with van der Waals surface area (Å²) in [5.74, 6) is -0.190. The van der Waals surface area contributed by atoms with Gasteiger partial charge in [-0.15, -0.1) is 0 Å². The highest BCUT2D eigenvalue weighted by Crippen LogP contribution is 2.35. The molecule has 1 aliphatic rings. The highest BCUT2D eigenvalue weighted by atomic mass is 79.9. The summed E-state index contributed by atoms with van der Waals surface area (Å²) in [6.45, 7) is 3.04. The predicted molar refractivity (Wildman–Crippen MR) is 67.8 cm³/mol. The van der Waals surface area contributed by atoms with E-state index in [0.29, 0.717) is 5.54 Å². The molecule has 0 spiro atoms. The van der Waals surface area contributed by atoms with E-state index in [2.05, 4.69) is 28.2 Å². The monoisotopic (exact) mass is 285 g/mol. The van der Waals surface area contributed by atoms with E-state index in [1.165, 1.54) is 37.8 Å². The lowest BCUT2D eigenvalue weighted by molar-refractivity contribution is 0.175. The second kappa shape index (κ2) is 4.84. The van der Waals surface area contributed by atoms with Crippen LogP contribution in [0, 0.1) is 5.82 Å². The Hall–Kier alpha value is -0.410. The third-order valence-electron chi connectivity index (χ3n) is 3.66. The Labute approximate surface area is 105 Å². The first-order chi connectivity index (χ1) is 7.65. The van der Waals surface area contributed by atoms with Crippen LogP contribution in [0.3, 0.4) is 0 Å². The Kier molecular flexibility index (Phi) is 3.65. The highest BCUT2D eigenvalue weighted by molar-refractivity contribution is 9.10. The van der Waals surface area contributed by atoms with Crippen molar-refractivity contribution in [3.8, 4) is 0 Å². The number of benzene rings is 1. The smallest absolute Gasteiger partial charge is 0.124 e. The minimum absolute atomic E-state index is 0.190. The summed E-state index contributed by atoms with van der Waals surface area (Å²) in [5.41, 5.74) is 1.47. The standard InChI is InChI=1S/C13H17BrFN/c1-2-13(6-3-7-13)16-9-10-4-5-11(15)8-12(10)14/h4-5,8,16H,2-3,6-7,9H2,1H3. The first-order valence-electron chi connectivity index (χ1n) is 5.84. The molecule has 1 aromatic carbocycles. The molecule has 0 saturated heterocycles. The van der Waals surface area contributed by atoms with Crippen LogP contribution in [-0.4, -0.2) is 5.54 Å². The van der Waals surface area contributed by atoms with Crippen LogP contribution in [0.5, 0.6) is 0 Å². The summed E-state index contributed by atoms with van der Waals surface area (Å²) in [4.78, 5) is 0. The molecule has 0 atom stereocenters. The molecule has 88 valence electrons. The lowest BCUT2D eigenvalue weighted by atomic mass is 9.75. The molecule has 1 N–H and O–H groups in total. The maximum Gasteiger partial charge on any atom is 0.124 e. The molecule has 0 bridgehead atoms. The summed E-state index contributed by atoms with van der Waals surface area (Å²) in [6, 6.07) is 4.88. The van der Waals surface area contributed by atoms with E-state index in [-0.39, 0.29) is 5.82 Å². The molecule has 0 amide bonds. The van der Waals surface area contributed by atoms with Gasteiger partial charge in [-0.1, -0.05) is 28.9 Å². The van der Waals surface area contributed by atoms with Crippen LogP contribution in [0.15, 0.2) is 22.7 Å². The Bertz CT molecular complexity index is 369. The number of rotatable bonds is 4. The molecule has 1 aliphatic carbocycles. The van der Waals surface area contributed by atoms with Crippen LogP contribution in [0.2, 0.25) is 0 Å². The van der Waals surface area contributed by atoms with E-state index in [9.17, 15) is 4.39 Å². The molecule has 0 unspecified atom stereocenters. The van der Waals surface area contributed by atoms with Gasteiger partial charge in [0.25, 0.3) is 0 Å². The van der Waals surface area contributed by atoms with E-state index < -0.39 is 0 Å². The summed E-state index contributed by atoms with van der Waals surface area (Å²) < 4.78 is 13.8. The molecule has 1 saturated carbocycles. The molecule has 0 aromatic heterocycles. The zero-order valence-electron chi connectivity index (χ0n) is 9.52. The van der Waals surface area contributed by atoms with Gasteiger partial charge in [0.05, 0.1) is 0 Å². The largest absolute Gasteiger partial charge is 0.307 e. The molecule has 2 rings (SSSR count). The quantitative estimate of drug-likeness (QED) is 0.881. The van der Waals surface area contributed by atoms with Crippen LogP contribution in [0.4, 0.5) is 4.39 Å². The fraction of sp³-hybridized carbons (Fsp3) is 0.538. The first kappa shape index (κ1) is 12.1. The molecule has 16 heavy (non-hydrogen) atoms. The fourth-order valence-electron chi connectivity index (χ4n) is 2.21. The van der Waals surface area contributed by atoms with Crippen LogP contribution < -0.4 is 5.32 Å². The van der Waals surface area contributed by atoms with Crippen LogP contribution >= 0.6 is 15.9 Å². The molecular formula is C13H17BrFN. The zero-order valence-corrected chi connectivity index (χ0v) is 11.1. The number of hydrogen-bond acceptors (Lipinski definition) is 1. The molecule has 1 fully saturated rings. The molecule has 0 radical (unpaired) electrons. The summed E-state index contributed by atoms with van der Waals surface area (Å²) in [5, 5.41) is 3.61. The topological polar surface area (TPSA) is 12.0 Å². The van der Waals surface area contributed by atoms with Crippen molar-refractivity contribution < 1.29 is 4.39 Å². The lowest BCUT2D eigenvalue weighted by Crippen LogP contribution is -2.49. The van der Waals surface area contributed by atoms with E-state index in [4.69, 9.17) is 0 Å². The molecule has 1 aromatic rings. The van der Waals surface area contributed by atoms with Gasteiger partial charge in [0, 0.05) is 16.6 Å². The van der Waals surface area contributed by atoms with E-state index in [1.807, 2.05) is 6.07 Å². The van der Waals surface area contributed by atoms with Gasteiger partial charge in [-0.3, -0.25) is 0 Å². The molecular weight excluding hydrogens is 269 g/mol. The number of nitrogens with one attached hydrogen (secondary N) is 1. The second-order valence-corrected chi connectivity index (χ2v) is 5.43. The number of halogens is 2. The molecule has 0 heterocycles. The Morgan fingerprint density at radius 1 is 1.44 bits per heavy atom. The van der Waals surface area contributed by atoms with Crippen LogP contribution in [-0.2, 0) is 6.54 Å². The van der Waals surface area contributed by atoms with Gasteiger partial charge in [-0.2, -0.15) is 0 Å². The second-order valence-electron chi connectivity index (χ2n) is 4.58. The third-order valence-corrected chi connectivity index (χ3v) is 4.39. The average Bonchev–Trinajstić information content (AvgIpc) is 2.19. The summed E-state index contributed by atoms with van der Waals surface area (Å²) in [7, 11) is 0. The Morgan fingerprint density at radius 2 is 2.19 bits per heavy atom. The highest BCUT2D eigenvalue weighted by Gasteiger charge is 2.34. The van der Waals surface area contributed by atoms with Gasteiger partial charge in [0.2, 0.25) is 0 Å². The van der Waals surface area contributed by atoms with Crippen LogP contribution in [0.1, 0.15) is 38.2 Å². The van der Waals surface area contributed by atoms with Crippen molar-refractivity contribution in [2.75, 3.05) is 0 Å². The van der Waals surface area contributed by atoms with E-state index >= 15 is 0 Å². The molecule has 0 aliphatic heterocycles. The van der Waals surface area contributed by atoms with Crippen molar-refractivity contribution >= 4 is 15.9 Å². The normalized spacial score (nSPS) is 18.2. The fourth-order valence-corrected chi connectivity index (χ4v) is 2.70. The van der Waals surface area contributed by atoms with Crippen molar-refractivity contribution in [3.63, 3.8) is 0 Å². The van der Waals surface area contributed by atoms with Crippen molar-refractivity contribution in [2.45, 2.75) is 44.7 Å². The van der Waals surface area contributed by atoms with Gasteiger partial charge < -0.3 is 5.32 Å². The van der Waals surface area contributed by atoms with Crippen molar-refractivity contribution in [3.05, 3.63) is 34.1 Å². The van der Waals surface area contributed by atoms with Gasteiger partial charge in [-0.25, -0.2) is 4.39 Å². The Balaban J connectivity index is 1.99. The SMILES string of the molecule is CCC1(NCc2ccc(F)cc2Br)CCC1. The minimum atomic E-state index is -0.190. The predicted octanol–water partition coefficient (Wildman–Crippen LogP) is 4.01. The molecule has 1 nitrogen and oxygen atoms in total. The summed E-state index contributed by atoms with van der Waals surface area (Å²) in [6.07, 6.45) is 5.03. The lowest BCUT2D eigenvalue weighted by Gasteiger charge is -2.42. The van der Waals surface area contributed by atoms with Crippen molar-refractivity contribution in [1.29, 1.82) is 0 Å². The van der Waals surface area contributed by atoms with Gasteiger partial charge >= 0.3 is 0 Å². The van der Waals surface area contributed by atoms with E-state index in [0.717, 1.165) is 16.6 Å². The van der Waals surface area contributed by atoms with Gasteiger partial charge in [0.15, 0.2) is 0 Å².